The molecule has 1 aliphatic rings. The molecule has 10 heteroatoms. The van der Waals surface area contributed by atoms with E-state index in [1.807, 2.05) is 46.1 Å². The highest BCUT2D eigenvalue weighted by Gasteiger charge is 2.27. The minimum Gasteiger partial charge on any atom is -0.416 e. The number of amides is 1. The van der Waals surface area contributed by atoms with Crippen LogP contribution in [-0.2, 0) is 18.9 Å². The first kappa shape index (κ1) is 23.7. The SMILES string of the molecule is Cn1cc(Nc2nccc(-c3ccc4c(c3)CCCC[C@H]4NC(=O)c3nnc(C(C)(C)C)o3)n2)cn1. The third-order valence-corrected chi connectivity index (χ3v) is 6.19. The van der Waals surface area contributed by atoms with Gasteiger partial charge in [0.15, 0.2) is 0 Å². The number of fused-ring (bicyclic) bond motifs is 1. The van der Waals surface area contributed by atoms with Crippen LogP contribution >= 0.6 is 0 Å². The second kappa shape index (κ2) is 9.52. The minimum atomic E-state index is -0.346. The molecule has 0 fully saturated rings. The van der Waals surface area contributed by atoms with Crippen molar-refractivity contribution in [2.75, 3.05) is 5.32 Å². The van der Waals surface area contributed by atoms with Crippen molar-refractivity contribution in [3.63, 3.8) is 0 Å². The van der Waals surface area contributed by atoms with E-state index >= 15 is 0 Å². The Balaban J connectivity index is 1.36. The molecule has 1 amide bonds. The number of carbonyl (C=O) groups excluding carboxylic acids is 1. The molecule has 0 bridgehead atoms. The maximum atomic E-state index is 12.9. The molecule has 10 nitrogen and oxygen atoms in total. The number of hydrogen-bond acceptors (Lipinski definition) is 8. The number of nitrogens with one attached hydrogen (secondary N) is 2. The number of anilines is 2. The van der Waals surface area contributed by atoms with Gasteiger partial charge in [0.25, 0.3) is 0 Å². The molecule has 3 heterocycles. The molecule has 36 heavy (non-hydrogen) atoms. The molecule has 4 aromatic rings. The molecule has 1 aliphatic carbocycles. The Morgan fingerprint density at radius 1 is 1.17 bits per heavy atom. The number of hydrogen-bond donors (Lipinski definition) is 2. The van der Waals surface area contributed by atoms with Crippen molar-refractivity contribution >= 4 is 17.5 Å². The summed E-state index contributed by atoms with van der Waals surface area (Å²) < 4.78 is 7.36. The fourth-order valence-electron chi connectivity index (χ4n) is 4.32. The quantitative estimate of drug-likeness (QED) is 0.395. The molecular formula is C26H30N8O2. The van der Waals surface area contributed by atoms with E-state index in [0.29, 0.717) is 11.8 Å². The largest absolute Gasteiger partial charge is 0.416 e. The fourth-order valence-corrected chi connectivity index (χ4v) is 4.32. The first-order chi connectivity index (χ1) is 17.3. The van der Waals surface area contributed by atoms with Crippen molar-refractivity contribution in [3.8, 4) is 11.3 Å². The van der Waals surface area contributed by atoms with Crippen LogP contribution < -0.4 is 10.6 Å². The van der Waals surface area contributed by atoms with E-state index in [2.05, 4.69) is 43.0 Å². The highest BCUT2D eigenvalue weighted by molar-refractivity contribution is 5.89. The van der Waals surface area contributed by atoms with Gasteiger partial charge >= 0.3 is 11.8 Å². The van der Waals surface area contributed by atoms with Crippen molar-refractivity contribution in [2.45, 2.75) is 57.9 Å². The van der Waals surface area contributed by atoms with E-state index in [-0.39, 0.29) is 23.3 Å². The summed E-state index contributed by atoms with van der Waals surface area (Å²) in [4.78, 5) is 21.9. The molecule has 0 saturated heterocycles. The van der Waals surface area contributed by atoms with Crippen LogP contribution in [0.1, 0.15) is 73.8 Å². The second-order valence-corrected chi connectivity index (χ2v) is 10.1. The van der Waals surface area contributed by atoms with Crippen LogP contribution in [0.2, 0.25) is 0 Å². The van der Waals surface area contributed by atoms with Crippen LogP contribution in [0.3, 0.4) is 0 Å². The Morgan fingerprint density at radius 2 is 2.03 bits per heavy atom. The standard InChI is InChI=1S/C26H30N8O2/c1-26(2,3)24-33-32-23(36-24)22(35)30-21-8-6-5-7-16-13-17(9-10-19(16)21)20-11-12-27-25(31-20)29-18-14-28-34(4)15-18/h9-15,21H,5-8H2,1-4H3,(H,30,35)(H,27,29,31)/t21-/m1/s1. The molecule has 1 atom stereocenters. The smallest absolute Gasteiger partial charge is 0.309 e. The van der Waals surface area contributed by atoms with Crippen molar-refractivity contribution in [3.05, 3.63) is 65.8 Å². The fraction of sp³-hybridized carbons (Fsp3) is 0.385. The molecule has 186 valence electrons. The summed E-state index contributed by atoms with van der Waals surface area (Å²) in [5, 5.41) is 18.5. The van der Waals surface area contributed by atoms with Gasteiger partial charge in [0.1, 0.15) is 0 Å². The third-order valence-electron chi connectivity index (χ3n) is 6.19. The van der Waals surface area contributed by atoms with Gasteiger partial charge < -0.3 is 15.1 Å². The Morgan fingerprint density at radius 3 is 2.78 bits per heavy atom. The molecule has 0 spiro atoms. The van der Waals surface area contributed by atoms with Crippen LogP contribution in [0, 0.1) is 0 Å². The van der Waals surface area contributed by atoms with Gasteiger partial charge in [0.2, 0.25) is 11.8 Å². The van der Waals surface area contributed by atoms with E-state index in [1.165, 1.54) is 5.56 Å². The maximum Gasteiger partial charge on any atom is 0.309 e. The number of rotatable bonds is 5. The minimum absolute atomic E-state index is 0.00280. The van der Waals surface area contributed by atoms with Crippen LogP contribution in [-0.4, -0.2) is 35.9 Å². The van der Waals surface area contributed by atoms with Gasteiger partial charge in [0, 0.05) is 30.4 Å². The summed E-state index contributed by atoms with van der Waals surface area (Å²) in [7, 11) is 1.86. The molecule has 0 unspecified atom stereocenters. The maximum absolute atomic E-state index is 12.9. The monoisotopic (exact) mass is 486 g/mol. The van der Waals surface area contributed by atoms with Gasteiger partial charge in [-0.05, 0) is 42.5 Å². The lowest BCUT2D eigenvalue weighted by Gasteiger charge is -2.19. The molecule has 0 radical (unpaired) electrons. The van der Waals surface area contributed by atoms with Gasteiger partial charge in [-0.15, -0.1) is 10.2 Å². The molecule has 3 aromatic heterocycles. The Kier molecular flexibility index (Phi) is 6.26. The number of carbonyl (C=O) groups is 1. The molecule has 5 rings (SSSR count). The third kappa shape index (κ3) is 5.12. The number of benzene rings is 1. The molecule has 2 N–H and O–H groups in total. The highest BCUT2D eigenvalue weighted by atomic mass is 16.4. The summed E-state index contributed by atoms with van der Waals surface area (Å²) in [5.74, 6) is 0.606. The zero-order valence-electron chi connectivity index (χ0n) is 20.9. The van der Waals surface area contributed by atoms with E-state index in [9.17, 15) is 4.79 Å². The van der Waals surface area contributed by atoms with Gasteiger partial charge in [-0.3, -0.25) is 9.48 Å². The molecule has 0 saturated carbocycles. The van der Waals surface area contributed by atoms with E-state index in [1.54, 1.807) is 17.1 Å². The van der Waals surface area contributed by atoms with Gasteiger partial charge in [-0.25, -0.2) is 9.97 Å². The molecule has 1 aromatic carbocycles. The average molecular weight is 487 g/mol. The number of aryl methyl sites for hydroxylation is 2. The zero-order chi connectivity index (χ0) is 25.3. The predicted molar refractivity (Wildman–Crippen MR) is 135 cm³/mol. The lowest BCUT2D eigenvalue weighted by molar-refractivity contribution is 0.0896. The first-order valence-electron chi connectivity index (χ1n) is 12.1. The second-order valence-electron chi connectivity index (χ2n) is 10.1. The summed E-state index contributed by atoms with van der Waals surface area (Å²) in [6.07, 6.45) is 9.19. The van der Waals surface area contributed by atoms with Crippen molar-refractivity contribution in [1.82, 2.24) is 35.3 Å². The summed E-state index contributed by atoms with van der Waals surface area (Å²) in [6, 6.07) is 8.08. The average Bonchev–Trinajstić information content (AvgIpc) is 3.46. The number of aromatic nitrogens is 6. The van der Waals surface area contributed by atoms with Crippen LogP contribution in [0.15, 0.2) is 47.3 Å². The highest BCUT2D eigenvalue weighted by Crippen LogP contribution is 2.32. The summed E-state index contributed by atoms with van der Waals surface area (Å²) in [5.41, 5.74) is 4.66. The lowest BCUT2D eigenvalue weighted by atomic mass is 9.95. The lowest BCUT2D eigenvalue weighted by Crippen LogP contribution is -2.29. The normalized spacial score (nSPS) is 15.7. The van der Waals surface area contributed by atoms with Gasteiger partial charge in [0.05, 0.1) is 23.6 Å². The Hall–Kier alpha value is -4.08. The predicted octanol–water partition coefficient (Wildman–Crippen LogP) is 4.50. The Bertz CT molecular complexity index is 1380. The molecular weight excluding hydrogens is 456 g/mol. The topological polar surface area (TPSA) is 124 Å². The number of nitrogens with zero attached hydrogens (tertiary/aromatic N) is 6. The van der Waals surface area contributed by atoms with Crippen LogP contribution in [0.5, 0.6) is 0 Å². The van der Waals surface area contributed by atoms with Crippen LogP contribution in [0.4, 0.5) is 11.6 Å². The van der Waals surface area contributed by atoms with E-state index in [0.717, 1.165) is 48.2 Å². The van der Waals surface area contributed by atoms with Crippen molar-refractivity contribution < 1.29 is 9.21 Å². The van der Waals surface area contributed by atoms with Crippen molar-refractivity contribution in [1.29, 1.82) is 0 Å². The van der Waals surface area contributed by atoms with E-state index in [4.69, 9.17) is 9.40 Å². The van der Waals surface area contributed by atoms with E-state index < -0.39 is 0 Å². The van der Waals surface area contributed by atoms with Crippen LogP contribution in [0.25, 0.3) is 11.3 Å². The summed E-state index contributed by atoms with van der Waals surface area (Å²) in [6.45, 7) is 5.91. The van der Waals surface area contributed by atoms with Crippen molar-refractivity contribution in [2.24, 2.45) is 7.05 Å². The van der Waals surface area contributed by atoms with Gasteiger partial charge in [-0.2, -0.15) is 5.10 Å². The first-order valence-corrected chi connectivity index (χ1v) is 12.1. The zero-order valence-corrected chi connectivity index (χ0v) is 20.9. The summed E-state index contributed by atoms with van der Waals surface area (Å²) >= 11 is 0. The van der Waals surface area contributed by atoms with Gasteiger partial charge in [-0.1, -0.05) is 39.3 Å². The molecule has 0 aliphatic heterocycles. The Labute approximate surface area is 209 Å².